The number of furan rings is 1. The Morgan fingerprint density at radius 1 is 1.45 bits per heavy atom. The van der Waals surface area contributed by atoms with Crippen molar-refractivity contribution in [3.05, 3.63) is 23.7 Å². The van der Waals surface area contributed by atoms with Crippen LogP contribution in [0.5, 0.6) is 0 Å². The Kier molecular flexibility index (Phi) is 5.83. The van der Waals surface area contributed by atoms with Crippen LogP contribution in [0.3, 0.4) is 0 Å². The predicted octanol–water partition coefficient (Wildman–Crippen LogP) is 2.32. The third kappa shape index (κ3) is 4.44. The van der Waals surface area contributed by atoms with Gasteiger partial charge in [-0.15, -0.1) is 0 Å². The fourth-order valence-electron chi connectivity index (χ4n) is 2.14. The minimum absolute atomic E-state index is 0.00233. The van der Waals surface area contributed by atoms with Gasteiger partial charge in [-0.05, 0) is 19.1 Å². The van der Waals surface area contributed by atoms with E-state index in [-0.39, 0.29) is 24.5 Å². The van der Waals surface area contributed by atoms with Crippen LogP contribution in [0.4, 0.5) is 8.78 Å². The molecular weight excluding hydrogens is 288 g/mol. The first kappa shape index (κ1) is 15.8. The van der Waals surface area contributed by atoms with Gasteiger partial charge in [0.2, 0.25) is 0 Å². The molecule has 4 nitrogen and oxygen atoms in total. The van der Waals surface area contributed by atoms with Gasteiger partial charge < -0.3 is 14.3 Å². The summed E-state index contributed by atoms with van der Waals surface area (Å²) in [5.41, 5.74) is 0. The summed E-state index contributed by atoms with van der Waals surface area (Å²) in [7, 11) is 0. The Morgan fingerprint density at radius 2 is 2.20 bits per heavy atom. The fraction of sp³-hybridized carbons (Fsp3) is 0.692. The summed E-state index contributed by atoms with van der Waals surface area (Å²) >= 11 is 0.555. The number of rotatable bonds is 6. The van der Waals surface area contributed by atoms with Crippen molar-refractivity contribution >= 4 is 11.8 Å². The van der Waals surface area contributed by atoms with Gasteiger partial charge >= 0.3 is 0 Å². The number of hydrogen-bond donors (Lipinski definition) is 1. The number of morpholine rings is 1. The average molecular weight is 307 g/mol. The van der Waals surface area contributed by atoms with E-state index >= 15 is 0 Å². The van der Waals surface area contributed by atoms with Crippen molar-refractivity contribution in [2.75, 3.05) is 19.8 Å². The van der Waals surface area contributed by atoms with Gasteiger partial charge in [0, 0.05) is 12.6 Å². The molecule has 1 aromatic heterocycles. The molecule has 1 N–H and O–H groups in total. The standard InChI is InChI=1S/C13H19F2NO3S/c1-9-7-18-12(6-17)5-16(9)4-10-2-3-11(19-10)8-20-13(14)15/h2-3,9,12-13,17H,4-8H2,1H3/t9-,12-/m1/s1. The van der Waals surface area contributed by atoms with E-state index in [1.807, 2.05) is 13.0 Å². The summed E-state index contributed by atoms with van der Waals surface area (Å²) in [6, 6.07) is 3.79. The van der Waals surface area contributed by atoms with E-state index in [2.05, 4.69) is 4.90 Å². The minimum atomic E-state index is -2.38. The summed E-state index contributed by atoms with van der Waals surface area (Å²) in [6.45, 7) is 3.85. The quantitative estimate of drug-likeness (QED) is 0.874. The Labute approximate surface area is 121 Å². The second kappa shape index (κ2) is 7.40. The predicted molar refractivity (Wildman–Crippen MR) is 72.7 cm³/mol. The van der Waals surface area contributed by atoms with E-state index in [1.165, 1.54) is 0 Å². The minimum Gasteiger partial charge on any atom is -0.464 e. The molecule has 0 unspecified atom stereocenters. The third-order valence-electron chi connectivity index (χ3n) is 3.27. The van der Waals surface area contributed by atoms with Gasteiger partial charge in [-0.2, -0.15) is 8.78 Å². The lowest BCUT2D eigenvalue weighted by Gasteiger charge is -2.36. The topological polar surface area (TPSA) is 45.8 Å². The highest BCUT2D eigenvalue weighted by Gasteiger charge is 2.26. The number of thioether (sulfide) groups is 1. The van der Waals surface area contributed by atoms with Crippen molar-refractivity contribution in [1.29, 1.82) is 0 Å². The van der Waals surface area contributed by atoms with E-state index in [0.717, 1.165) is 5.76 Å². The maximum Gasteiger partial charge on any atom is 0.284 e. The van der Waals surface area contributed by atoms with Crippen molar-refractivity contribution in [3.8, 4) is 0 Å². The molecule has 0 radical (unpaired) electrons. The van der Waals surface area contributed by atoms with E-state index in [1.54, 1.807) is 6.07 Å². The number of nitrogens with zero attached hydrogens (tertiary/aromatic N) is 1. The van der Waals surface area contributed by atoms with Gasteiger partial charge in [-0.3, -0.25) is 4.90 Å². The zero-order chi connectivity index (χ0) is 14.5. The maximum absolute atomic E-state index is 12.1. The molecule has 2 heterocycles. The zero-order valence-electron chi connectivity index (χ0n) is 11.3. The Hall–Kier alpha value is -0.630. The highest BCUT2D eigenvalue weighted by molar-refractivity contribution is 7.98. The first-order valence-corrected chi connectivity index (χ1v) is 7.57. The lowest BCUT2D eigenvalue weighted by atomic mass is 10.2. The molecule has 0 aliphatic carbocycles. The summed E-state index contributed by atoms with van der Waals surface area (Å²) in [5, 5.41) is 9.14. The number of alkyl halides is 2. The van der Waals surface area contributed by atoms with Crippen molar-refractivity contribution < 1.29 is 23.0 Å². The maximum atomic E-state index is 12.1. The van der Waals surface area contributed by atoms with Crippen molar-refractivity contribution in [2.24, 2.45) is 0 Å². The van der Waals surface area contributed by atoms with E-state index in [0.29, 0.717) is 37.2 Å². The number of halogens is 2. The second-order valence-electron chi connectivity index (χ2n) is 4.86. The first-order valence-electron chi connectivity index (χ1n) is 6.52. The van der Waals surface area contributed by atoms with E-state index in [9.17, 15) is 8.78 Å². The normalized spacial score (nSPS) is 24.4. The molecular formula is C13H19F2NO3S. The van der Waals surface area contributed by atoms with Crippen LogP contribution in [-0.4, -0.2) is 47.7 Å². The van der Waals surface area contributed by atoms with Gasteiger partial charge in [-0.25, -0.2) is 0 Å². The number of aliphatic hydroxyl groups is 1. The van der Waals surface area contributed by atoms with Gasteiger partial charge in [0.1, 0.15) is 11.5 Å². The van der Waals surface area contributed by atoms with Crippen molar-refractivity contribution in [3.63, 3.8) is 0 Å². The molecule has 0 bridgehead atoms. The number of ether oxygens (including phenoxy) is 1. The van der Waals surface area contributed by atoms with Crippen molar-refractivity contribution in [2.45, 2.75) is 37.1 Å². The van der Waals surface area contributed by atoms with Gasteiger partial charge in [0.15, 0.2) is 0 Å². The van der Waals surface area contributed by atoms with Gasteiger partial charge in [-0.1, -0.05) is 11.8 Å². The molecule has 0 saturated carbocycles. The van der Waals surface area contributed by atoms with Crippen LogP contribution in [0.15, 0.2) is 16.5 Å². The van der Waals surface area contributed by atoms with Crippen LogP contribution in [0.2, 0.25) is 0 Å². The monoisotopic (exact) mass is 307 g/mol. The van der Waals surface area contributed by atoms with E-state index in [4.69, 9.17) is 14.3 Å². The summed E-state index contributed by atoms with van der Waals surface area (Å²) in [6.07, 6.45) is -0.171. The SMILES string of the molecule is C[C@@H]1CO[C@@H](CO)CN1Cc1ccc(CSC(F)F)o1. The van der Waals surface area contributed by atoms with Gasteiger partial charge in [0.25, 0.3) is 5.76 Å². The molecule has 114 valence electrons. The molecule has 1 saturated heterocycles. The Balaban J connectivity index is 1.88. The number of hydrogen-bond acceptors (Lipinski definition) is 5. The third-order valence-corrected chi connectivity index (χ3v) is 3.97. The number of aliphatic hydroxyl groups excluding tert-OH is 1. The van der Waals surface area contributed by atoms with Crippen LogP contribution in [0, 0.1) is 0 Å². The van der Waals surface area contributed by atoms with Gasteiger partial charge in [0.05, 0.1) is 31.6 Å². The molecule has 20 heavy (non-hydrogen) atoms. The highest BCUT2D eigenvalue weighted by Crippen LogP contribution is 2.22. The molecule has 0 aromatic carbocycles. The fourth-order valence-corrected chi connectivity index (χ4v) is 2.58. The van der Waals surface area contributed by atoms with Crippen LogP contribution in [-0.2, 0) is 17.0 Å². The second-order valence-corrected chi connectivity index (χ2v) is 5.83. The molecule has 0 spiro atoms. The lowest BCUT2D eigenvalue weighted by Crippen LogP contribution is -2.48. The molecule has 2 rings (SSSR count). The molecule has 1 fully saturated rings. The van der Waals surface area contributed by atoms with Crippen LogP contribution < -0.4 is 0 Å². The Morgan fingerprint density at radius 3 is 2.90 bits per heavy atom. The largest absolute Gasteiger partial charge is 0.464 e. The summed E-state index contributed by atoms with van der Waals surface area (Å²) in [4.78, 5) is 2.16. The zero-order valence-corrected chi connectivity index (χ0v) is 12.1. The first-order chi connectivity index (χ1) is 9.58. The molecule has 2 atom stereocenters. The Bertz CT molecular complexity index is 416. The molecule has 0 amide bonds. The highest BCUT2D eigenvalue weighted by atomic mass is 32.2. The summed E-state index contributed by atoms with van der Waals surface area (Å²) in [5.74, 6) is -0.895. The summed E-state index contributed by atoms with van der Waals surface area (Å²) < 4.78 is 35.2. The van der Waals surface area contributed by atoms with E-state index < -0.39 is 5.76 Å². The lowest BCUT2D eigenvalue weighted by molar-refractivity contribution is -0.0820. The molecule has 1 aromatic rings. The average Bonchev–Trinajstić information content (AvgIpc) is 2.86. The van der Waals surface area contributed by atoms with Crippen molar-refractivity contribution in [1.82, 2.24) is 4.90 Å². The molecule has 7 heteroatoms. The van der Waals surface area contributed by atoms with Crippen LogP contribution in [0.25, 0.3) is 0 Å². The molecule has 1 aliphatic rings. The molecule has 1 aliphatic heterocycles. The smallest absolute Gasteiger partial charge is 0.284 e. The van der Waals surface area contributed by atoms with Crippen LogP contribution >= 0.6 is 11.8 Å². The van der Waals surface area contributed by atoms with Crippen LogP contribution in [0.1, 0.15) is 18.4 Å².